The summed E-state index contributed by atoms with van der Waals surface area (Å²) >= 11 is 5.38. The van der Waals surface area contributed by atoms with Crippen LogP contribution in [0, 0.1) is 61.2 Å². The Balaban J connectivity index is 0.000000974. The second-order valence-electron chi connectivity index (χ2n) is 19.9. The molecule has 80 heavy (non-hydrogen) atoms. The first-order valence-electron chi connectivity index (χ1n) is 26.1. The van der Waals surface area contributed by atoms with E-state index in [2.05, 4.69) is 22.1 Å². The summed E-state index contributed by atoms with van der Waals surface area (Å²) in [5.41, 5.74) is 2.01. The molecule has 0 aromatic heterocycles. The van der Waals surface area contributed by atoms with Gasteiger partial charge in [0.1, 0.15) is 0 Å². The zero-order valence-corrected chi connectivity index (χ0v) is 56.3. The molecular formula is C54H81Cl2KO18S5. The van der Waals surface area contributed by atoms with E-state index in [1.165, 1.54) is 59.3 Å². The summed E-state index contributed by atoms with van der Waals surface area (Å²) in [4.78, 5) is 65.4. The molecule has 0 atom stereocenters. The van der Waals surface area contributed by atoms with Crippen LogP contribution in [0.5, 0.6) is 0 Å². The van der Waals surface area contributed by atoms with Gasteiger partial charge in [-0.1, -0.05) is 47.2 Å². The second kappa shape index (κ2) is 41.3. The molecule has 4 aliphatic carbocycles. The van der Waals surface area contributed by atoms with Gasteiger partial charge in [-0.05, 0) is 171 Å². The Morgan fingerprint density at radius 1 is 0.525 bits per heavy atom. The van der Waals surface area contributed by atoms with Crippen LogP contribution in [-0.2, 0) is 92.7 Å². The van der Waals surface area contributed by atoms with Crippen molar-refractivity contribution in [3.63, 3.8) is 0 Å². The number of aliphatic hydroxyl groups is 1. The third-order valence-electron chi connectivity index (χ3n) is 13.8. The molecule has 0 saturated heterocycles. The van der Waals surface area contributed by atoms with Crippen molar-refractivity contribution in [1.29, 1.82) is 0 Å². The van der Waals surface area contributed by atoms with Gasteiger partial charge in [0.2, 0.25) is 9.05 Å². The van der Waals surface area contributed by atoms with Gasteiger partial charge >= 0.3 is 75.3 Å². The van der Waals surface area contributed by atoms with Gasteiger partial charge < -0.3 is 41.5 Å². The van der Waals surface area contributed by atoms with Crippen LogP contribution < -0.4 is 51.4 Å². The van der Waals surface area contributed by atoms with Crippen LogP contribution in [0.25, 0.3) is 0 Å². The third kappa shape index (κ3) is 34.2. The minimum atomic E-state index is -3.70. The van der Waals surface area contributed by atoms with Crippen molar-refractivity contribution in [1.82, 2.24) is 0 Å². The molecule has 1 N–H and O–H groups in total. The van der Waals surface area contributed by atoms with Crippen LogP contribution >= 0.6 is 33.1 Å². The number of carbonyl (C=O) groups is 6. The van der Waals surface area contributed by atoms with E-state index in [1.807, 2.05) is 13.8 Å². The first-order chi connectivity index (χ1) is 37.0. The van der Waals surface area contributed by atoms with E-state index >= 15 is 0 Å². The molecular weight excluding hydrogens is 1210 g/mol. The van der Waals surface area contributed by atoms with Gasteiger partial charge in [0.15, 0.2) is 5.12 Å². The predicted molar refractivity (Wildman–Crippen MR) is 306 cm³/mol. The van der Waals surface area contributed by atoms with Crippen LogP contribution in [0.2, 0.25) is 0 Å². The van der Waals surface area contributed by atoms with E-state index in [0.717, 1.165) is 107 Å². The normalized spacial score (nSPS) is 22.5. The fraction of sp³-hybridized carbons (Fsp3) is 0.667. The molecule has 0 radical (unpaired) electrons. The Morgan fingerprint density at radius 3 is 1.11 bits per heavy atom. The number of hydrogen-bond acceptors (Lipinski definition) is 20. The Kier molecular flexibility index (Phi) is 40.4. The van der Waals surface area contributed by atoms with Gasteiger partial charge in [-0.15, -0.1) is 0 Å². The van der Waals surface area contributed by atoms with Crippen molar-refractivity contribution in [2.24, 2.45) is 47.3 Å². The smallest absolute Gasteiger partial charge is 0.742 e. The number of carbonyl (C=O) groups excluding carboxylic acids is 6. The molecule has 0 heterocycles. The van der Waals surface area contributed by atoms with Crippen LogP contribution in [-0.4, -0.2) is 118 Å². The summed E-state index contributed by atoms with van der Waals surface area (Å²) in [5, 5.41) is 8.79. The molecule has 6 rings (SSSR count). The van der Waals surface area contributed by atoms with E-state index in [0.29, 0.717) is 24.7 Å². The number of halogens is 2. The Bertz CT molecular complexity index is 2500. The predicted octanol–water partition coefficient (Wildman–Crippen LogP) is 6.42. The number of thioether (sulfide) groups is 1. The average molecular weight is 1290 g/mol. The minimum absolute atomic E-state index is 0. The summed E-state index contributed by atoms with van der Waals surface area (Å²) in [7, 11) is 5.24. The van der Waals surface area contributed by atoms with Gasteiger partial charge in [-0.25, -0.2) is 16.8 Å². The standard InChI is InChI=1S/C16H22O5S.C11H18O3S.C9H15ClO4S.C9H16O3.C7H7ClO2S.C2H4OS.K/c1-12-3-9-15(10-4-12)22(18,19)21-11-13-5-7-14(8-6-13)16(17)20-2;1-8(12)15-7-9-3-5-10(6-4-9)11(13)14-2;1-14-9(11)8-4-2-7(3-5-8)6-15(10,12)13;1-12-9(11)8-4-2-7(6-10)3-5-8;1-6-2-4-7(5-3-6)11(8,9)10;1-2(3)4;/h3-4,9-10,13-14H,5-8,11H2,1-2H3;9-10H,3-7H2,1-2H3;7-8H,2-6H2,1H3;7-8,10H,2-6H2,1H3;2-5H,1H3;1H3,(H,3,4);/q;;;;;;+1/p-1. The molecule has 4 fully saturated rings. The summed E-state index contributed by atoms with van der Waals surface area (Å²) in [5.74, 6) is 1.70. The number of methoxy groups -OCH3 is 4. The number of hydrogen-bond donors (Lipinski definition) is 1. The molecule has 2 aromatic carbocycles. The monoisotopic (exact) mass is 1290 g/mol. The van der Waals surface area contributed by atoms with Crippen molar-refractivity contribution in [3.05, 3.63) is 59.7 Å². The van der Waals surface area contributed by atoms with E-state index < -0.39 is 28.2 Å². The van der Waals surface area contributed by atoms with Crippen molar-refractivity contribution in [3.8, 4) is 0 Å². The van der Waals surface area contributed by atoms with Crippen molar-refractivity contribution < 1.29 is 134 Å². The zero-order chi connectivity index (χ0) is 59.9. The Hall–Kier alpha value is -1.78. The number of ether oxygens (including phenoxy) is 4. The molecule has 4 saturated carbocycles. The van der Waals surface area contributed by atoms with Gasteiger partial charge in [0, 0.05) is 45.8 Å². The fourth-order valence-electron chi connectivity index (χ4n) is 9.12. The molecule has 26 heteroatoms. The van der Waals surface area contributed by atoms with Crippen LogP contribution in [0.4, 0.5) is 0 Å². The molecule has 0 amide bonds. The van der Waals surface area contributed by atoms with E-state index in [-0.39, 0.29) is 150 Å². The third-order valence-corrected chi connectivity index (χ3v) is 18.8. The average Bonchev–Trinajstić information content (AvgIpc) is 3.41. The summed E-state index contributed by atoms with van der Waals surface area (Å²) in [6, 6.07) is 13.0. The molecule has 2 aromatic rings. The fourth-order valence-corrected chi connectivity index (χ4v) is 13.1. The first-order valence-corrected chi connectivity index (χ1v) is 33.7. The van der Waals surface area contributed by atoms with E-state index in [1.54, 1.807) is 43.3 Å². The van der Waals surface area contributed by atoms with Gasteiger partial charge in [0.25, 0.3) is 19.2 Å². The molecule has 0 spiro atoms. The maximum absolute atomic E-state index is 12.1. The Morgan fingerprint density at radius 2 is 0.825 bits per heavy atom. The van der Waals surface area contributed by atoms with Crippen LogP contribution in [0.3, 0.4) is 0 Å². The minimum Gasteiger partial charge on any atom is -0.742 e. The molecule has 450 valence electrons. The topological polar surface area (TPSA) is 271 Å². The zero-order valence-electron chi connectivity index (χ0n) is 47.6. The van der Waals surface area contributed by atoms with Gasteiger partial charge in [-0.3, -0.25) is 28.2 Å². The summed E-state index contributed by atoms with van der Waals surface area (Å²) in [6.07, 6.45) is 13.4. The molecule has 0 aliphatic heterocycles. The molecule has 0 unspecified atom stereocenters. The second-order valence-corrected chi connectivity index (χ2v) is 28.7. The molecule has 0 bridgehead atoms. The van der Waals surface area contributed by atoms with Crippen LogP contribution in [0.1, 0.15) is 128 Å². The van der Waals surface area contributed by atoms with Crippen molar-refractivity contribution in [2.45, 2.75) is 140 Å². The largest absolute Gasteiger partial charge is 1.00 e. The Labute approximate surface area is 536 Å². The van der Waals surface area contributed by atoms with Crippen molar-refractivity contribution >= 4 is 108 Å². The number of rotatable bonds is 14. The number of esters is 4. The quantitative estimate of drug-likeness (QED) is 0.0533. The van der Waals surface area contributed by atoms with Crippen molar-refractivity contribution in [2.75, 3.05) is 53.2 Å². The van der Waals surface area contributed by atoms with E-state index in [9.17, 15) is 54.0 Å². The number of aliphatic hydroxyl groups excluding tert-OH is 1. The number of aryl methyl sites for hydroxylation is 2. The molecule has 18 nitrogen and oxygen atoms in total. The SMILES string of the molecule is CC(=O)[S-].COC(=O)C1CCC(CO)CC1.COC(=O)C1CCC(COS(=O)(=O)c2ccc(C)cc2)CC1.COC(=O)C1CCC(CS(=O)(=O)Cl)CC1.COC(=O)C1CCC(CSC(C)=O)CC1.Cc1ccc(S(=O)(=O)Cl)cc1.[K+]. The van der Waals surface area contributed by atoms with Gasteiger partial charge in [-0.2, -0.15) is 8.42 Å². The first kappa shape index (κ1) is 78.2. The number of benzene rings is 2. The van der Waals surface area contributed by atoms with Crippen LogP contribution in [0.15, 0.2) is 58.3 Å². The van der Waals surface area contributed by atoms with E-state index in [4.69, 9.17) is 40.1 Å². The molecule has 4 aliphatic rings. The summed E-state index contributed by atoms with van der Waals surface area (Å²) in [6.45, 7) is 7.15. The van der Waals surface area contributed by atoms with Gasteiger partial charge in [0.05, 0.1) is 74.3 Å². The summed E-state index contributed by atoms with van der Waals surface area (Å²) < 4.78 is 91.3. The maximum atomic E-state index is 12.1. The maximum Gasteiger partial charge on any atom is 1.00 e.